The summed E-state index contributed by atoms with van der Waals surface area (Å²) in [7, 11) is 3.97. The number of aromatic nitrogens is 2. The van der Waals surface area contributed by atoms with E-state index in [1.807, 2.05) is 50.6 Å². The van der Waals surface area contributed by atoms with Gasteiger partial charge in [-0.25, -0.2) is 4.79 Å². The highest BCUT2D eigenvalue weighted by Gasteiger charge is 2.28. The van der Waals surface area contributed by atoms with E-state index in [9.17, 15) is 10.0 Å². The van der Waals surface area contributed by atoms with Crippen LogP contribution in [0.2, 0.25) is 0 Å². The van der Waals surface area contributed by atoms with Crippen LogP contribution < -0.4 is 0 Å². The zero-order valence-corrected chi connectivity index (χ0v) is 16.5. The van der Waals surface area contributed by atoms with Gasteiger partial charge in [0.15, 0.2) is 0 Å². The predicted octanol–water partition coefficient (Wildman–Crippen LogP) is 2.59. The topological polar surface area (TPSA) is 83.2 Å². The van der Waals surface area contributed by atoms with Crippen molar-refractivity contribution in [3.05, 3.63) is 18.0 Å². The Hall–Kier alpha value is -2.09. The van der Waals surface area contributed by atoms with Gasteiger partial charge in [-0.05, 0) is 47.7 Å². The molecule has 2 rings (SSSR count). The molecule has 1 aliphatic rings. The predicted molar refractivity (Wildman–Crippen MR) is 99.8 cm³/mol. The number of likely N-dealkylation sites (tertiary alicyclic amines) is 1. The van der Waals surface area contributed by atoms with Crippen LogP contribution in [0.15, 0.2) is 17.5 Å². The minimum atomic E-state index is -0.475. The number of piperidine rings is 1. The second-order valence-electron chi connectivity index (χ2n) is 8.01. The van der Waals surface area contributed by atoms with Gasteiger partial charge in [0.05, 0.1) is 18.0 Å². The van der Waals surface area contributed by atoms with Crippen molar-refractivity contribution in [3.8, 4) is 0 Å². The number of amides is 1. The number of nitrogens with zero attached hydrogens (tertiary/aromatic N) is 5. The van der Waals surface area contributed by atoms with Crippen molar-refractivity contribution >= 4 is 11.8 Å². The van der Waals surface area contributed by atoms with Gasteiger partial charge in [0.25, 0.3) is 0 Å². The summed E-state index contributed by atoms with van der Waals surface area (Å²) < 4.78 is 7.35. The van der Waals surface area contributed by atoms with Crippen LogP contribution in [0.1, 0.15) is 51.6 Å². The standard InChI is InChI=1S/C18H31N5O3/c1-18(2,3)26-17(24)22-10-6-15(7-11-22)23-13-14(12-19-23)16(20-25)8-9-21(4)5/h12-13,15,25H,6-11H2,1-5H3/b20-16+. The lowest BCUT2D eigenvalue weighted by molar-refractivity contribution is 0.0185. The maximum atomic E-state index is 12.1. The van der Waals surface area contributed by atoms with Gasteiger partial charge >= 0.3 is 6.09 Å². The van der Waals surface area contributed by atoms with Gasteiger partial charge in [-0.3, -0.25) is 4.68 Å². The average Bonchev–Trinajstić information content (AvgIpc) is 3.03. The van der Waals surface area contributed by atoms with Crippen molar-refractivity contribution in [1.29, 1.82) is 0 Å². The maximum Gasteiger partial charge on any atom is 0.410 e. The number of carbonyl (C=O) groups is 1. The summed E-state index contributed by atoms with van der Waals surface area (Å²) >= 11 is 0. The first kappa shape index (κ1) is 20.2. The van der Waals surface area contributed by atoms with Gasteiger partial charge in [0.2, 0.25) is 0 Å². The van der Waals surface area contributed by atoms with Crippen LogP contribution in [0, 0.1) is 0 Å². The van der Waals surface area contributed by atoms with Crippen molar-refractivity contribution in [2.75, 3.05) is 33.7 Å². The molecule has 8 heteroatoms. The molecule has 0 spiro atoms. The average molecular weight is 365 g/mol. The van der Waals surface area contributed by atoms with Crippen molar-refractivity contribution in [3.63, 3.8) is 0 Å². The second kappa shape index (κ2) is 8.53. The molecule has 1 fully saturated rings. The summed E-state index contributed by atoms with van der Waals surface area (Å²) in [5.41, 5.74) is 0.997. The Bertz CT molecular complexity index is 625. The van der Waals surface area contributed by atoms with E-state index in [0.29, 0.717) is 25.2 Å². The summed E-state index contributed by atoms with van der Waals surface area (Å²) in [4.78, 5) is 15.9. The second-order valence-corrected chi connectivity index (χ2v) is 8.01. The Morgan fingerprint density at radius 2 is 2.04 bits per heavy atom. The van der Waals surface area contributed by atoms with Crippen molar-refractivity contribution in [2.45, 2.75) is 51.7 Å². The van der Waals surface area contributed by atoms with E-state index in [-0.39, 0.29) is 12.1 Å². The van der Waals surface area contributed by atoms with Crippen LogP contribution in [0.4, 0.5) is 4.79 Å². The first-order chi connectivity index (χ1) is 12.2. The van der Waals surface area contributed by atoms with Crippen molar-refractivity contribution in [1.82, 2.24) is 19.6 Å². The smallest absolute Gasteiger partial charge is 0.410 e. The van der Waals surface area contributed by atoms with Gasteiger partial charge in [-0.15, -0.1) is 0 Å². The normalized spacial score (nSPS) is 17.0. The van der Waals surface area contributed by atoms with Gasteiger partial charge in [0, 0.05) is 37.8 Å². The fourth-order valence-corrected chi connectivity index (χ4v) is 2.91. The van der Waals surface area contributed by atoms with E-state index in [0.717, 1.165) is 24.9 Å². The fourth-order valence-electron chi connectivity index (χ4n) is 2.91. The molecule has 8 nitrogen and oxygen atoms in total. The molecule has 1 saturated heterocycles. The molecular weight excluding hydrogens is 334 g/mol. The monoisotopic (exact) mass is 365 g/mol. The summed E-state index contributed by atoms with van der Waals surface area (Å²) in [6.45, 7) is 7.73. The van der Waals surface area contributed by atoms with E-state index in [2.05, 4.69) is 10.3 Å². The van der Waals surface area contributed by atoms with Gasteiger partial charge in [-0.1, -0.05) is 5.16 Å². The summed E-state index contributed by atoms with van der Waals surface area (Å²) in [5.74, 6) is 0. The molecule has 146 valence electrons. The molecule has 0 bridgehead atoms. The third kappa shape index (κ3) is 5.72. The van der Waals surface area contributed by atoms with Gasteiger partial charge < -0.3 is 19.7 Å². The van der Waals surface area contributed by atoms with Crippen LogP contribution in [0.3, 0.4) is 0 Å². The Labute approximate surface area is 155 Å². The van der Waals surface area contributed by atoms with Crippen molar-refractivity contribution in [2.24, 2.45) is 5.16 Å². The van der Waals surface area contributed by atoms with Crippen LogP contribution in [0.25, 0.3) is 0 Å². The van der Waals surface area contributed by atoms with Gasteiger partial charge in [0.1, 0.15) is 5.60 Å². The lowest BCUT2D eigenvalue weighted by Gasteiger charge is -2.33. The molecule has 0 aromatic carbocycles. The van der Waals surface area contributed by atoms with E-state index >= 15 is 0 Å². The Morgan fingerprint density at radius 1 is 1.38 bits per heavy atom. The molecule has 1 amide bonds. The Kier molecular flexibility index (Phi) is 6.63. The molecule has 1 aromatic rings. The maximum absolute atomic E-state index is 12.1. The zero-order valence-electron chi connectivity index (χ0n) is 16.5. The molecule has 1 N–H and O–H groups in total. The largest absolute Gasteiger partial charge is 0.444 e. The van der Waals surface area contributed by atoms with E-state index < -0.39 is 5.60 Å². The van der Waals surface area contributed by atoms with E-state index in [1.54, 1.807) is 11.1 Å². The zero-order chi connectivity index (χ0) is 19.3. The highest BCUT2D eigenvalue weighted by Crippen LogP contribution is 2.24. The number of carbonyl (C=O) groups excluding carboxylic acids is 1. The van der Waals surface area contributed by atoms with Gasteiger partial charge in [-0.2, -0.15) is 5.10 Å². The number of oxime groups is 1. The van der Waals surface area contributed by atoms with Crippen LogP contribution >= 0.6 is 0 Å². The molecule has 0 radical (unpaired) electrons. The number of hydrogen-bond donors (Lipinski definition) is 1. The highest BCUT2D eigenvalue weighted by molar-refractivity contribution is 5.99. The van der Waals surface area contributed by atoms with E-state index in [4.69, 9.17) is 4.74 Å². The summed E-state index contributed by atoms with van der Waals surface area (Å²) in [5, 5.41) is 17.1. The minimum absolute atomic E-state index is 0.233. The molecule has 1 aliphatic heterocycles. The lowest BCUT2D eigenvalue weighted by atomic mass is 10.1. The highest BCUT2D eigenvalue weighted by atomic mass is 16.6. The SMILES string of the molecule is CN(C)CC/C(=N\O)c1cnn(C2CCN(C(=O)OC(C)(C)C)CC2)c1. The van der Waals surface area contributed by atoms with E-state index in [1.165, 1.54) is 0 Å². The van der Waals surface area contributed by atoms with Crippen LogP contribution in [-0.4, -0.2) is 75.9 Å². The minimum Gasteiger partial charge on any atom is -0.444 e. The van der Waals surface area contributed by atoms with Crippen LogP contribution in [-0.2, 0) is 4.74 Å². The molecule has 1 aromatic heterocycles. The molecule has 0 unspecified atom stereocenters. The first-order valence-corrected chi connectivity index (χ1v) is 9.07. The summed E-state index contributed by atoms with van der Waals surface area (Å²) in [6.07, 6.45) is 5.72. The molecule has 26 heavy (non-hydrogen) atoms. The van der Waals surface area contributed by atoms with Crippen LogP contribution in [0.5, 0.6) is 0 Å². The molecular formula is C18H31N5O3. The Balaban J connectivity index is 1.92. The third-order valence-corrected chi connectivity index (χ3v) is 4.34. The number of rotatable bonds is 5. The summed E-state index contributed by atoms with van der Waals surface area (Å²) in [6, 6.07) is 0.233. The first-order valence-electron chi connectivity index (χ1n) is 9.07. The quantitative estimate of drug-likeness (QED) is 0.493. The fraction of sp³-hybridized carbons (Fsp3) is 0.722. The molecule has 0 atom stereocenters. The third-order valence-electron chi connectivity index (χ3n) is 4.34. The molecule has 0 saturated carbocycles. The number of hydrogen-bond acceptors (Lipinski definition) is 6. The Morgan fingerprint density at radius 3 is 2.58 bits per heavy atom. The molecule has 0 aliphatic carbocycles. The lowest BCUT2D eigenvalue weighted by Crippen LogP contribution is -2.42. The van der Waals surface area contributed by atoms with Crippen molar-refractivity contribution < 1.29 is 14.7 Å². The number of ether oxygens (including phenoxy) is 1. The molecule has 2 heterocycles.